The number of benzene rings is 2. The molecule has 1 saturated heterocycles. The van der Waals surface area contributed by atoms with Crippen LogP contribution >= 0.6 is 0 Å². The van der Waals surface area contributed by atoms with E-state index in [4.69, 9.17) is 4.98 Å². The summed E-state index contributed by atoms with van der Waals surface area (Å²) in [6.07, 6.45) is 1.04. The van der Waals surface area contributed by atoms with Gasteiger partial charge in [0.15, 0.2) is 0 Å². The number of nitrogens with one attached hydrogen (secondary N) is 1. The van der Waals surface area contributed by atoms with Crippen molar-refractivity contribution in [2.75, 3.05) is 19.6 Å². The molecular weight excluding hydrogens is 368 g/mol. The fourth-order valence-electron chi connectivity index (χ4n) is 4.51. The second-order valence-electron chi connectivity index (χ2n) is 7.71. The molecule has 2 amide bonds. The largest absolute Gasteiger partial charge is 0.465 e. The minimum Gasteiger partial charge on any atom is -0.465 e. The van der Waals surface area contributed by atoms with Gasteiger partial charge in [-0.3, -0.25) is 4.79 Å². The van der Waals surface area contributed by atoms with Gasteiger partial charge in [-0.05, 0) is 30.5 Å². The summed E-state index contributed by atoms with van der Waals surface area (Å²) in [7, 11) is 0. The number of carbonyl (C=O) groups is 2. The lowest BCUT2D eigenvalue weighted by Gasteiger charge is -2.31. The van der Waals surface area contributed by atoms with Crippen LogP contribution < -0.4 is 5.32 Å². The lowest BCUT2D eigenvalue weighted by atomic mass is 9.90. The fraction of sp³-hybridized carbons (Fsp3) is 0.318. The third-order valence-electron chi connectivity index (χ3n) is 5.96. The van der Waals surface area contributed by atoms with Crippen molar-refractivity contribution in [1.82, 2.24) is 19.8 Å². The molecule has 1 unspecified atom stereocenters. The first-order valence-corrected chi connectivity index (χ1v) is 9.97. The number of carboxylic acid groups (broad SMARTS) is 1. The highest BCUT2D eigenvalue weighted by Crippen LogP contribution is 2.31. The summed E-state index contributed by atoms with van der Waals surface area (Å²) in [4.78, 5) is 29.9. The predicted molar refractivity (Wildman–Crippen MR) is 109 cm³/mol. The zero-order valence-corrected chi connectivity index (χ0v) is 16.0. The Kier molecular flexibility index (Phi) is 4.23. The highest BCUT2D eigenvalue weighted by Gasteiger charge is 2.25. The van der Waals surface area contributed by atoms with Crippen molar-refractivity contribution in [3.05, 3.63) is 53.6 Å². The van der Waals surface area contributed by atoms with Gasteiger partial charge in [-0.15, -0.1) is 0 Å². The highest BCUT2D eigenvalue weighted by molar-refractivity contribution is 6.06. The molecule has 2 aromatic carbocycles. The Bertz CT molecular complexity index is 1100. The van der Waals surface area contributed by atoms with E-state index in [-0.39, 0.29) is 11.8 Å². The molecule has 7 nitrogen and oxygen atoms in total. The Hall–Kier alpha value is -3.35. The molecule has 148 valence electrons. The summed E-state index contributed by atoms with van der Waals surface area (Å²) >= 11 is 0. The maximum absolute atomic E-state index is 12.3. The van der Waals surface area contributed by atoms with Crippen LogP contribution in [0.2, 0.25) is 0 Å². The van der Waals surface area contributed by atoms with Crippen molar-refractivity contribution < 1.29 is 14.7 Å². The highest BCUT2D eigenvalue weighted by atomic mass is 16.4. The number of imidazole rings is 1. The maximum atomic E-state index is 12.3. The van der Waals surface area contributed by atoms with Crippen LogP contribution in [0.1, 0.15) is 34.7 Å². The van der Waals surface area contributed by atoms with Crippen molar-refractivity contribution in [1.29, 1.82) is 0 Å². The van der Waals surface area contributed by atoms with Crippen LogP contribution in [0.3, 0.4) is 0 Å². The van der Waals surface area contributed by atoms with Crippen molar-refractivity contribution >= 4 is 23.0 Å². The fourth-order valence-corrected chi connectivity index (χ4v) is 4.51. The summed E-state index contributed by atoms with van der Waals surface area (Å²) in [5.41, 5.74) is 4.51. The molecule has 3 heterocycles. The summed E-state index contributed by atoms with van der Waals surface area (Å²) < 4.78 is 2.12. The monoisotopic (exact) mass is 390 g/mol. The Labute approximate surface area is 168 Å². The van der Waals surface area contributed by atoms with Gasteiger partial charge in [-0.25, -0.2) is 9.78 Å². The second kappa shape index (κ2) is 6.92. The molecule has 0 radical (unpaired) electrons. The molecule has 2 N–H and O–H groups in total. The third-order valence-corrected chi connectivity index (χ3v) is 5.96. The normalized spacial score (nSPS) is 19.1. The number of hydrogen-bond donors (Lipinski definition) is 2. The van der Waals surface area contributed by atoms with E-state index in [1.165, 1.54) is 4.90 Å². The molecule has 1 aromatic heterocycles. The van der Waals surface area contributed by atoms with E-state index >= 15 is 0 Å². The Morgan fingerprint density at radius 1 is 1.14 bits per heavy atom. The van der Waals surface area contributed by atoms with Crippen LogP contribution in [0.5, 0.6) is 0 Å². The summed E-state index contributed by atoms with van der Waals surface area (Å²) in [5.74, 6) is 1.02. The van der Waals surface area contributed by atoms with Gasteiger partial charge < -0.3 is 19.9 Å². The second-order valence-corrected chi connectivity index (χ2v) is 7.71. The molecule has 7 heteroatoms. The Morgan fingerprint density at radius 3 is 2.76 bits per heavy atom. The number of amides is 2. The van der Waals surface area contributed by atoms with Crippen molar-refractivity contribution in [3.8, 4) is 11.4 Å². The minimum absolute atomic E-state index is 0.0589. The zero-order chi connectivity index (χ0) is 20.0. The van der Waals surface area contributed by atoms with Gasteiger partial charge in [0.2, 0.25) is 0 Å². The van der Waals surface area contributed by atoms with Crippen molar-refractivity contribution in [2.24, 2.45) is 0 Å². The molecule has 29 heavy (non-hydrogen) atoms. The smallest absolute Gasteiger partial charge is 0.407 e. The van der Waals surface area contributed by atoms with Gasteiger partial charge in [-0.2, -0.15) is 0 Å². The Morgan fingerprint density at radius 2 is 1.97 bits per heavy atom. The number of piperidine rings is 1. The van der Waals surface area contributed by atoms with Crippen LogP contribution in [-0.2, 0) is 6.54 Å². The molecule has 3 aromatic rings. The van der Waals surface area contributed by atoms with Gasteiger partial charge in [0.25, 0.3) is 5.91 Å². The topological polar surface area (TPSA) is 87.5 Å². The molecule has 2 aliphatic heterocycles. The molecular formula is C22H22N4O3. The van der Waals surface area contributed by atoms with Gasteiger partial charge in [-0.1, -0.05) is 30.3 Å². The number of para-hydroxylation sites is 1. The molecule has 0 saturated carbocycles. The number of hydrogen-bond acceptors (Lipinski definition) is 3. The zero-order valence-electron chi connectivity index (χ0n) is 16.0. The van der Waals surface area contributed by atoms with E-state index in [0.717, 1.165) is 40.8 Å². The first-order valence-electron chi connectivity index (χ1n) is 9.97. The molecule has 0 aliphatic carbocycles. The van der Waals surface area contributed by atoms with E-state index in [1.54, 1.807) is 0 Å². The van der Waals surface area contributed by atoms with Crippen LogP contribution in [0.25, 0.3) is 22.4 Å². The van der Waals surface area contributed by atoms with E-state index in [0.29, 0.717) is 31.7 Å². The molecule has 0 bridgehead atoms. The predicted octanol–water partition coefficient (Wildman–Crippen LogP) is 3.30. The number of nitrogens with zero attached hydrogens (tertiary/aromatic N) is 3. The quantitative estimate of drug-likeness (QED) is 0.703. The number of carbonyl (C=O) groups excluding carboxylic acids is 1. The van der Waals surface area contributed by atoms with Crippen molar-refractivity contribution in [2.45, 2.75) is 25.3 Å². The van der Waals surface area contributed by atoms with Crippen LogP contribution in [-0.4, -0.2) is 51.2 Å². The summed E-state index contributed by atoms with van der Waals surface area (Å²) in [6.45, 7) is 2.40. The summed E-state index contributed by atoms with van der Waals surface area (Å²) in [6, 6.07) is 13.9. The van der Waals surface area contributed by atoms with Gasteiger partial charge >= 0.3 is 6.09 Å². The first-order chi connectivity index (χ1) is 14.1. The number of aromatic nitrogens is 2. The van der Waals surface area contributed by atoms with Gasteiger partial charge in [0, 0.05) is 37.7 Å². The van der Waals surface area contributed by atoms with Crippen molar-refractivity contribution in [3.63, 3.8) is 0 Å². The van der Waals surface area contributed by atoms with E-state index in [9.17, 15) is 14.7 Å². The van der Waals surface area contributed by atoms with Gasteiger partial charge in [0.1, 0.15) is 5.82 Å². The van der Waals surface area contributed by atoms with E-state index < -0.39 is 6.09 Å². The molecule has 5 rings (SSSR count). The lowest BCUT2D eigenvalue weighted by molar-refractivity contribution is 0.0956. The van der Waals surface area contributed by atoms with Crippen LogP contribution in [0.15, 0.2) is 42.5 Å². The average molecular weight is 390 g/mol. The first kappa shape index (κ1) is 17.7. The molecule has 1 atom stereocenters. The van der Waals surface area contributed by atoms with E-state index in [1.807, 2.05) is 18.2 Å². The molecule has 1 fully saturated rings. The number of rotatable bonds is 2. The minimum atomic E-state index is -0.843. The van der Waals surface area contributed by atoms with Crippen LogP contribution in [0.4, 0.5) is 4.79 Å². The average Bonchev–Trinajstić information content (AvgIpc) is 3.03. The summed E-state index contributed by atoms with van der Waals surface area (Å²) in [5, 5.41) is 12.2. The maximum Gasteiger partial charge on any atom is 0.407 e. The standard InChI is InChI=1S/C22H22N4O3/c27-21-17-4-1-5-18-19(17)26(12-10-23-21)20(24-18)15-8-6-14(7-9-15)16-3-2-11-25(13-16)22(28)29/h1,4-9,16H,2-3,10-13H2,(H,23,27)(H,28,29). The SMILES string of the molecule is O=C1NCCn2c(-c3ccc(C4CCCN(C(=O)O)C4)cc3)nc3cccc1c32. The van der Waals surface area contributed by atoms with Crippen LogP contribution in [0, 0.1) is 0 Å². The Balaban J connectivity index is 1.50. The number of likely N-dealkylation sites (tertiary alicyclic amines) is 1. The molecule has 2 aliphatic rings. The molecule has 0 spiro atoms. The lowest BCUT2D eigenvalue weighted by Crippen LogP contribution is -2.38. The third kappa shape index (κ3) is 3.03. The van der Waals surface area contributed by atoms with E-state index in [2.05, 4.69) is 34.1 Å². The van der Waals surface area contributed by atoms with Gasteiger partial charge in [0.05, 0.1) is 16.6 Å².